The third kappa shape index (κ3) is 5.00. The van der Waals surface area contributed by atoms with Crippen molar-refractivity contribution in [2.45, 2.75) is 0 Å². The summed E-state index contributed by atoms with van der Waals surface area (Å²) in [6.45, 7) is 0. The standard InChI is InChI=1S/C46H31NO2/c48-43-20-7-5-16-40(43)39-15-4-3-14-38(39)33-25-29-35(30-26-33)47(42-19-10-22-45-46(42)41-17-6-8-21-44(41)49-45)34-27-23-32(24-28-34)37-18-9-12-31-11-1-2-13-36(31)37/h1-30,48H. The lowest BCUT2D eigenvalue weighted by atomic mass is 9.94. The largest absolute Gasteiger partial charge is 0.507 e. The zero-order valence-electron chi connectivity index (χ0n) is 26.6. The number of hydrogen-bond donors (Lipinski definition) is 1. The number of rotatable bonds is 6. The molecule has 0 amide bonds. The molecule has 1 aromatic heterocycles. The quantitative estimate of drug-likeness (QED) is 0.199. The normalized spacial score (nSPS) is 11.3. The molecule has 0 radical (unpaired) electrons. The van der Waals surface area contributed by atoms with Crippen LogP contribution in [-0.2, 0) is 0 Å². The first-order chi connectivity index (χ1) is 24.2. The van der Waals surface area contributed by atoms with Crippen LogP contribution in [0.4, 0.5) is 17.1 Å². The second-order valence-corrected chi connectivity index (χ2v) is 12.3. The van der Waals surface area contributed by atoms with E-state index in [9.17, 15) is 5.11 Å². The molecule has 0 fully saturated rings. The van der Waals surface area contributed by atoms with Crippen LogP contribution in [0.2, 0.25) is 0 Å². The predicted molar refractivity (Wildman–Crippen MR) is 204 cm³/mol. The van der Waals surface area contributed by atoms with Crippen molar-refractivity contribution < 1.29 is 9.52 Å². The average Bonchev–Trinajstić information content (AvgIpc) is 3.55. The van der Waals surface area contributed by atoms with Crippen LogP contribution in [0, 0.1) is 0 Å². The Morgan fingerprint density at radius 2 is 0.918 bits per heavy atom. The molecule has 9 aromatic rings. The van der Waals surface area contributed by atoms with Gasteiger partial charge in [-0.1, -0.05) is 133 Å². The van der Waals surface area contributed by atoms with E-state index in [0.717, 1.165) is 61.3 Å². The summed E-state index contributed by atoms with van der Waals surface area (Å²) < 4.78 is 6.33. The zero-order valence-corrected chi connectivity index (χ0v) is 26.6. The summed E-state index contributed by atoms with van der Waals surface area (Å²) in [4.78, 5) is 2.32. The molecule has 0 aliphatic rings. The SMILES string of the molecule is Oc1ccccc1-c1ccccc1-c1ccc(N(c2ccc(-c3cccc4ccccc34)cc2)c2cccc3oc4ccccc4c23)cc1. The summed E-state index contributed by atoms with van der Waals surface area (Å²) in [6.07, 6.45) is 0. The highest BCUT2D eigenvalue weighted by Crippen LogP contribution is 2.44. The van der Waals surface area contributed by atoms with E-state index in [1.54, 1.807) is 6.07 Å². The van der Waals surface area contributed by atoms with Crippen molar-refractivity contribution in [3.05, 3.63) is 182 Å². The van der Waals surface area contributed by atoms with Crippen molar-refractivity contribution in [2.75, 3.05) is 4.90 Å². The molecule has 0 aliphatic heterocycles. The number of para-hydroxylation sites is 2. The molecule has 3 nitrogen and oxygen atoms in total. The Hall–Kier alpha value is -6.58. The summed E-state index contributed by atoms with van der Waals surface area (Å²) in [5.74, 6) is 0.269. The van der Waals surface area contributed by atoms with Gasteiger partial charge in [0.1, 0.15) is 16.9 Å². The Morgan fingerprint density at radius 3 is 1.67 bits per heavy atom. The second-order valence-electron chi connectivity index (χ2n) is 12.3. The number of nitrogens with zero attached hydrogens (tertiary/aromatic N) is 1. The van der Waals surface area contributed by atoms with Crippen molar-refractivity contribution in [3.63, 3.8) is 0 Å². The van der Waals surface area contributed by atoms with Gasteiger partial charge < -0.3 is 14.4 Å². The monoisotopic (exact) mass is 629 g/mol. The van der Waals surface area contributed by atoms with Crippen LogP contribution in [0.25, 0.3) is 66.1 Å². The number of fused-ring (bicyclic) bond motifs is 4. The minimum atomic E-state index is 0.269. The lowest BCUT2D eigenvalue weighted by Crippen LogP contribution is -2.10. The molecule has 0 unspecified atom stereocenters. The Morgan fingerprint density at radius 1 is 0.388 bits per heavy atom. The smallest absolute Gasteiger partial charge is 0.137 e. The van der Waals surface area contributed by atoms with Crippen LogP contribution in [0.5, 0.6) is 5.75 Å². The Labute approximate surface area is 284 Å². The third-order valence-corrected chi connectivity index (χ3v) is 9.41. The van der Waals surface area contributed by atoms with E-state index in [4.69, 9.17) is 4.42 Å². The molecular weight excluding hydrogens is 599 g/mol. The van der Waals surface area contributed by atoms with Crippen molar-refractivity contribution in [1.29, 1.82) is 0 Å². The van der Waals surface area contributed by atoms with E-state index in [1.807, 2.05) is 48.5 Å². The van der Waals surface area contributed by atoms with Gasteiger partial charge in [0, 0.05) is 22.3 Å². The van der Waals surface area contributed by atoms with Crippen LogP contribution in [0.1, 0.15) is 0 Å². The lowest BCUT2D eigenvalue weighted by Gasteiger charge is -2.27. The van der Waals surface area contributed by atoms with Crippen LogP contribution in [0.3, 0.4) is 0 Å². The molecule has 0 spiro atoms. The molecule has 232 valence electrons. The molecule has 0 saturated heterocycles. The number of furan rings is 1. The maximum absolute atomic E-state index is 10.7. The van der Waals surface area contributed by atoms with Crippen molar-refractivity contribution in [1.82, 2.24) is 0 Å². The fourth-order valence-electron chi connectivity index (χ4n) is 7.10. The first-order valence-electron chi connectivity index (χ1n) is 16.5. The number of benzene rings is 8. The maximum atomic E-state index is 10.7. The molecule has 1 heterocycles. The van der Waals surface area contributed by atoms with Crippen LogP contribution in [-0.4, -0.2) is 5.11 Å². The van der Waals surface area contributed by atoms with Gasteiger partial charge in [-0.2, -0.15) is 0 Å². The average molecular weight is 630 g/mol. The number of aromatic hydroxyl groups is 1. The number of anilines is 3. The van der Waals surface area contributed by atoms with Gasteiger partial charge in [-0.15, -0.1) is 0 Å². The minimum absolute atomic E-state index is 0.269. The maximum Gasteiger partial charge on any atom is 0.137 e. The number of phenols is 1. The van der Waals surface area contributed by atoms with Gasteiger partial charge >= 0.3 is 0 Å². The van der Waals surface area contributed by atoms with E-state index in [0.29, 0.717) is 0 Å². The van der Waals surface area contributed by atoms with Gasteiger partial charge in [0.15, 0.2) is 0 Å². The van der Waals surface area contributed by atoms with E-state index in [2.05, 4.69) is 132 Å². The molecule has 0 saturated carbocycles. The predicted octanol–water partition coefficient (Wildman–Crippen LogP) is 12.9. The van der Waals surface area contributed by atoms with Crippen molar-refractivity contribution >= 4 is 49.8 Å². The Bertz CT molecular complexity index is 2610. The van der Waals surface area contributed by atoms with Crippen molar-refractivity contribution in [3.8, 4) is 39.1 Å². The summed E-state index contributed by atoms with van der Waals surface area (Å²) in [5.41, 5.74) is 11.2. The molecular formula is C46H31NO2. The molecule has 3 heteroatoms. The van der Waals surface area contributed by atoms with Crippen LogP contribution >= 0.6 is 0 Å². The highest BCUT2D eigenvalue weighted by molar-refractivity contribution is 6.13. The summed E-state index contributed by atoms with van der Waals surface area (Å²) in [7, 11) is 0. The van der Waals surface area contributed by atoms with Gasteiger partial charge in [-0.25, -0.2) is 0 Å². The molecule has 1 N–H and O–H groups in total. The van der Waals surface area contributed by atoms with E-state index in [-0.39, 0.29) is 5.75 Å². The molecule has 0 atom stereocenters. The molecule has 0 bridgehead atoms. The third-order valence-electron chi connectivity index (χ3n) is 9.41. The topological polar surface area (TPSA) is 36.6 Å². The zero-order chi connectivity index (χ0) is 32.7. The van der Waals surface area contributed by atoms with Gasteiger partial charge in [-0.05, 0) is 87.1 Å². The Kier molecular flexibility index (Phi) is 6.95. The van der Waals surface area contributed by atoms with Crippen LogP contribution < -0.4 is 4.90 Å². The van der Waals surface area contributed by atoms with Gasteiger partial charge in [-0.3, -0.25) is 0 Å². The highest BCUT2D eigenvalue weighted by atomic mass is 16.3. The Balaban J connectivity index is 1.19. The highest BCUT2D eigenvalue weighted by Gasteiger charge is 2.20. The van der Waals surface area contributed by atoms with Crippen molar-refractivity contribution in [2.24, 2.45) is 0 Å². The van der Waals surface area contributed by atoms with E-state index in [1.165, 1.54) is 21.9 Å². The molecule has 9 rings (SSSR count). The number of hydrogen-bond acceptors (Lipinski definition) is 3. The summed E-state index contributed by atoms with van der Waals surface area (Å²) in [6, 6.07) is 62.8. The summed E-state index contributed by atoms with van der Waals surface area (Å²) >= 11 is 0. The first kappa shape index (κ1) is 28.6. The first-order valence-corrected chi connectivity index (χ1v) is 16.5. The van der Waals surface area contributed by atoms with E-state index < -0.39 is 0 Å². The molecule has 8 aromatic carbocycles. The minimum Gasteiger partial charge on any atom is -0.507 e. The van der Waals surface area contributed by atoms with Gasteiger partial charge in [0.05, 0.1) is 11.1 Å². The van der Waals surface area contributed by atoms with Gasteiger partial charge in [0.2, 0.25) is 0 Å². The molecule has 49 heavy (non-hydrogen) atoms. The van der Waals surface area contributed by atoms with Crippen LogP contribution in [0.15, 0.2) is 186 Å². The number of phenolic OH excluding ortho intramolecular Hbond substituents is 1. The molecule has 0 aliphatic carbocycles. The fourth-order valence-corrected chi connectivity index (χ4v) is 7.10. The second kappa shape index (κ2) is 11.9. The van der Waals surface area contributed by atoms with E-state index >= 15 is 0 Å². The van der Waals surface area contributed by atoms with Gasteiger partial charge in [0.25, 0.3) is 0 Å². The summed E-state index contributed by atoms with van der Waals surface area (Å²) in [5, 5.41) is 15.3. The lowest BCUT2D eigenvalue weighted by molar-refractivity contribution is 0.477. The fraction of sp³-hybridized carbons (Fsp3) is 0.